The van der Waals surface area contributed by atoms with Gasteiger partial charge in [-0.25, -0.2) is 0 Å². The summed E-state index contributed by atoms with van der Waals surface area (Å²) in [6.45, 7) is 4.18. The second kappa shape index (κ2) is 7.35. The van der Waals surface area contributed by atoms with Crippen molar-refractivity contribution >= 4 is 23.4 Å². The number of para-hydroxylation sites is 2. The van der Waals surface area contributed by atoms with E-state index in [1.165, 1.54) is 12.1 Å². The third kappa shape index (κ3) is 4.51. The van der Waals surface area contributed by atoms with E-state index in [0.29, 0.717) is 11.5 Å². The van der Waals surface area contributed by atoms with E-state index in [2.05, 4.69) is 25.2 Å². The first-order valence-corrected chi connectivity index (χ1v) is 7.30. The van der Waals surface area contributed by atoms with Crippen molar-refractivity contribution < 1.29 is 9.72 Å². The zero-order valence-electron chi connectivity index (χ0n) is 13.0. The quantitative estimate of drug-likeness (QED) is 0.652. The highest BCUT2D eigenvalue weighted by Crippen LogP contribution is 2.23. The molecule has 2 aromatic carbocycles. The fraction of sp³-hybridized carbons (Fsp3) is 0.167. The van der Waals surface area contributed by atoms with Gasteiger partial charge in [-0.2, -0.15) is 0 Å². The summed E-state index contributed by atoms with van der Waals surface area (Å²) < 4.78 is 0. The van der Waals surface area contributed by atoms with Crippen LogP contribution in [0.2, 0.25) is 0 Å². The van der Waals surface area contributed by atoms with Crippen molar-refractivity contribution in [3.8, 4) is 0 Å². The Morgan fingerprint density at radius 3 is 2.39 bits per heavy atom. The van der Waals surface area contributed by atoms with Crippen LogP contribution in [0.15, 0.2) is 54.6 Å². The Balaban J connectivity index is 2.14. The summed E-state index contributed by atoms with van der Waals surface area (Å²) in [5, 5.41) is 13.5. The van der Waals surface area contributed by atoms with Crippen LogP contribution in [0.1, 0.15) is 29.8 Å². The Bertz CT molecular complexity index is 734. The van der Waals surface area contributed by atoms with Crippen LogP contribution in [0, 0.1) is 16.0 Å². The lowest BCUT2D eigenvalue weighted by atomic mass is 10.1. The molecule has 118 valence electrons. The van der Waals surface area contributed by atoms with Crippen molar-refractivity contribution in [1.29, 1.82) is 0 Å². The minimum Gasteiger partial charge on any atom is -0.316 e. The maximum Gasteiger partial charge on any atom is 0.292 e. The number of carbonyl (C=O) groups excluding carboxylic acids is 1. The number of amides is 1. The zero-order chi connectivity index (χ0) is 16.8. The predicted octanol–water partition coefficient (Wildman–Crippen LogP) is 4.52. The monoisotopic (exact) mass is 310 g/mol. The van der Waals surface area contributed by atoms with Crippen molar-refractivity contribution in [3.63, 3.8) is 0 Å². The van der Waals surface area contributed by atoms with Gasteiger partial charge in [-0.15, -0.1) is 0 Å². The van der Waals surface area contributed by atoms with Gasteiger partial charge in [0.25, 0.3) is 11.6 Å². The van der Waals surface area contributed by atoms with E-state index in [1.807, 2.05) is 18.2 Å². The first-order chi connectivity index (χ1) is 11.0. The summed E-state index contributed by atoms with van der Waals surface area (Å²) in [7, 11) is 0. The number of carbonyl (C=O) groups is 1. The van der Waals surface area contributed by atoms with Crippen LogP contribution in [0.25, 0.3) is 6.08 Å². The Morgan fingerprint density at radius 1 is 1.13 bits per heavy atom. The molecule has 5 nitrogen and oxygen atoms in total. The molecule has 1 amide bonds. The summed E-state index contributed by atoms with van der Waals surface area (Å²) in [5.41, 5.74) is 1.51. The molecule has 0 atom stereocenters. The molecule has 0 fully saturated rings. The topological polar surface area (TPSA) is 72.2 Å². The van der Waals surface area contributed by atoms with Crippen LogP contribution in [0.5, 0.6) is 0 Å². The highest BCUT2D eigenvalue weighted by Gasteiger charge is 2.15. The van der Waals surface area contributed by atoms with Gasteiger partial charge in [-0.3, -0.25) is 14.9 Å². The maximum atomic E-state index is 12.2. The molecule has 1 N–H and O–H groups in total. The lowest BCUT2D eigenvalue weighted by Crippen LogP contribution is -2.12. The third-order valence-corrected chi connectivity index (χ3v) is 3.20. The van der Waals surface area contributed by atoms with Crippen molar-refractivity contribution in [2.24, 2.45) is 5.92 Å². The first-order valence-electron chi connectivity index (χ1n) is 7.30. The molecule has 5 heteroatoms. The van der Waals surface area contributed by atoms with Crippen LogP contribution in [-0.4, -0.2) is 10.8 Å². The lowest BCUT2D eigenvalue weighted by molar-refractivity contribution is -0.383. The van der Waals surface area contributed by atoms with Crippen LogP contribution in [0.4, 0.5) is 11.4 Å². The van der Waals surface area contributed by atoms with Gasteiger partial charge in [0.2, 0.25) is 0 Å². The standard InChI is InChI=1S/C18H18N2O3/c1-13(2)7-8-14-9-11-15(12-10-14)18(21)19-16-5-3-4-6-17(16)20(22)23/h3-13H,1-2H3,(H,19,21)/b8-7+. The summed E-state index contributed by atoms with van der Waals surface area (Å²) in [6, 6.07) is 13.1. The number of nitrogens with zero attached hydrogens (tertiary/aromatic N) is 1. The molecule has 0 spiro atoms. The minimum atomic E-state index is -0.518. The molecule has 0 bridgehead atoms. The first kappa shape index (κ1) is 16.4. The van der Waals surface area contributed by atoms with E-state index < -0.39 is 4.92 Å². The van der Waals surface area contributed by atoms with Crippen molar-refractivity contribution in [2.75, 3.05) is 5.32 Å². The molecule has 0 radical (unpaired) electrons. The minimum absolute atomic E-state index is 0.127. The molecule has 23 heavy (non-hydrogen) atoms. The van der Waals surface area contributed by atoms with Gasteiger partial charge in [-0.1, -0.05) is 50.3 Å². The second-order valence-corrected chi connectivity index (χ2v) is 5.45. The van der Waals surface area contributed by atoms with Crippen LogP contribution >= 0.6 is 0 Å². The zero-order valence-corrected chi connectivity index (χ0v) is 13.0. The summed E-state index contributed by atoms with van der Waals surface area (Å²) in [4.78, 5) is 22.7. The van der Waals surface area contributed by atoms with Crippen molar-refractivity contribution in [2.45, 2.75) is 13.8 Å². The van der Waals surface area contributed by atoms with Gasteiger partial charge in [-0.05, 0) is 29.7 Å². The van der Waals surface area contributed by atoms with E-state index in [1.54, 1.807) is 24.3 Å². The van der Waals surface area contributed by atoms with Gasteiger partial charge in [0, 0.05) is 11.6 Å². The number of hydrogen-bond acceptors (Lipinski definition) is 3. The highest BCUT2D eigenvalue weighted by atomic mass is 16.6. The smallest absolute Gasteiger partial charge is 0.292 e. The highest BCUT2D eigenvalue weighted by molar-refractivity contribution is 6.05. The summed E-state index contributed by atoms with van der Waals surface area (Å²) in [5.74, 6) is 0.0790. The van der Waals surface area contributed by atoms with Crippen molar-refractivity contribution in [3.05, 3.63) is 75.8 Å². The van der Waals surface area contributed by atoms with Gasteiger partial charge in [0.15, 0.2) is 0 Å². The third-order valence-electron chi connectivity index (χ3n) is 3.20. The Labute approximate surface area is 134 Å². The number of hydrogen-bond donors (Lipinski definition) is 1. The molecular formula is C18H18N2O3. The van der Waals surface area contributed by atoms with Crippen LogP contribution < -0.4 is 5.32 Å². The molecule has 2 aromatic rings. The average molecular weight is 310 g/mol. The molecule has 0 aliphatic carbocycles. The van der Waals surface area contributed by atoms with Gasteiger partial charge in [0.1, 0.15) is 5.69 Å². The summed E-state index contributed by atoms with van der Waals surface area (Å²) >= 11 is 0. The largest absolute Gasteiger partial charge is 0.316 e. The Kier molecular flexibility index (Phi) is 5.25. The van der Waals surface area contributed by atoms with E-state index in [-0.39, 0.29) is 17.3 Å². The van der Waals surface area contributed by atoms with Gasteiger partial charge in [0.05, 0.1) is 4.92 Å². The number of nitrogens with one attached hydrogen (secondary N) is 1. The van der Waals surface area contributed by atoms with E-state index in [0.717, 1.165) is 5.56 Å². The lowest BCUT2D eigenvalue weighted by Gasteiger charge is -2.06. The molecule has 0 aromatic heterocycles. The molecule has 0 saturated carbocycles. The maximum absolute atomic E-state index is 12.2. The second-order valence-electron chi connectivity index (χ2n) is 5.45. The van der Waals surface area contributed by atoms with E-state index in [4.69, 9.17) is 0 Å². The number of benzene rings is 2. The van der Waals surface area contributed by atoms with E-state index >= 15 is 0 Å². The SMILES string of the molecule is CC(C)/C=C/c1ccc(C(=O)Nc2ccccc2[N+](=O)[O-])cc1. The molecule has 0 saturated heterocycles. The van der Waals surface area contributed by atoms with Crippen LogP contribution in [0.3, 0.4) is 0 Å². The number of allylic oxidation sites excluding steroid dienone is 1. The Morgan fingerprint density at radius 2 is 1.78 bits per heavy atom. The molecule has 2 rings (SSSR count). The molecule has 0 heterocycles. The normalized spacial score (nSPS) is 10.9. The van der Waals surface area contributed by atoms with Crippen LogP contribution in [-0.2, 0) is 0 Å². The fourth-order valence-electron chi connectivity index (χ4n) is 1.98. The van der Waals surface area contributed by atoms with Crippen molar-refractivity contribution in [1.82, 2.24) is 0 Å². The summed E-state index contributed by atoms with van der Waals surface area (Å²) in [6.07, 6.45) is 4.07. The molecular weight excluding hydrogens is 292 g/mol. The average Bonchev–Trinajstić information content (AvgIpc) is 2.53. The van der Waals surface area contributed by atoms with Gasteiger partial charge >= 0.3 is 0 Å². The molecule has 0 unspecified atom stereocenters. The van der Waals surface area contributed by atoms with E-state index in [9.17, 15) is 14.9 Å². The number of nitro benzene ring substituents is 1. The Hall–Kier alpha value is -2.95. The number of rotatable bonds is 5. The molecule has 0 aliphatic heterocycles. The van der Waals surface area contributed by atoms with Gasteiger partial charge < -0.3 is 5.32 Å². The number of nitro groups is 1. The number of anilines is 1. The fourth-order valence-corrected chi connectivity index (χ4v) is 1.98. The predicted molar refractivity (Wildman–Crippen MR) is 91.4 cm³/mol. The molecule has 0 aliphatic rings.